The predicted molar refractivity (Wildman–Crippen MR) is 95.7 cm³/mol. The van der Waals surface area contributed by atoms with Gasteiger partial charge in [-0.25, -0.2) is 0 Å². The Kier molecular flexibility index (Phi) is 4.77. The van der Waals surface area contributed by atoms with Gasteiger partial charge >= 0.3 is 0 Å². The van der Waals surface area contributed by atoms with Gasteiger partial charge in [0.05, 0.1) is 13.1 Å². The van der Waals surface area contributed by atoms with Crippen LogP contribution in [0.4, 0.5) is 11.9 Å². The first kappa shape index (κ1) is 16.4. The molecule has 0 spiro atoms. The third-order valence-corrected chi connectivity index (χ3v) is 3.87. The number of anilines is 2. The van der Waals surface area contributed by atoms with Crippen LogP contribution < -0.4 is 11.5 Å². The fraction of sp³-hybridized carbons (Fsp3) is 0.188. The van der Waals surface area contributed by atoms with E-state index in [1.165, 1.54) is 0 Å². The van der Waals surface area contributed by atoms with Gasteiger partial charge in [0.25, 0.3) is 0 Å². The van der Waals surface area contributed by atoms with Crippen molar-refractivity contribution in [2.24, 2.45) is 0 Å². The fourth-order valence-corrected chi connectivity index (χ4v) is 2.59. The molecule has 0 aliphatic heterocycles. The minimum atomic E-state index is 0.126. The van der Waals surface area contributed by atoms with Crippen LogP contribution >= 0.6 is 15.9 Å². The quantitative estimate of drug-likeness (QED) is 0.691. The monoisotopic (exact) mass is 388 g/mol. The summed E-state index contributed by atoms with van der Waals surface area (Å²) >= 11 is 3.43. The largest absolute Gasteiger partial charge is 0.460 e. The number of nitrogens with two attached hydrogens (primary N) is 2. The summed E-state index contributed by atoms with van der Waals surface area (Å²) in [5.41, 5.74) is 12.2. The van der Waals surface area contributed by atoms with Gasteiger partial charge in [-0.05, 0) is 31.3 Å². The molecule has 0 aliphatic rings. The first-order valence-electron chi connectivity index (χ1n) is 7.29. The van der Waals surface area contributed by atoms with E-state index >= 15 is 0 Å². The molecule has 0 saturated carbocycles. The normalized spacial score (nSPS) is 11.1. The Hall–Kier alpha value is -2.45. The summed E-state index contributed by atoms with van der Waals surface area (Å²) in [5, 5.41) is 0. The molecule has 4 N–H and O–H groups in total. The number of furan rings is 1. The van der Waals surface area contributed by atoms with Gasteiger partial charge in [0.1, 0.15) is 17.3 Å². The van der Waals surface area contributed by atoms with E-state index in [1.807, 2.05) is 48.3 Å². The summed E-state index contributed by atoms with van der Waals surface area (Å²) < 4.78 is 6.94. The molecule has 0 atom stereocenters. The van der Waals surface area contributed by atoms with Crippen molar-refractivity contribution in [1.29, 1.82) is 0 Å². The molecule has 1 aromatic carbocycles. The van der Waals surface area contributed by atoms with Gasteiger partial charge in [-0.2, -0.15) is 15.0 Å². The molecule has 8 heteroatoms. The Bertz CT molecular complexity index is 813. The van der Waals surface area contributed by atoms with E-state index in [-0.39, 0.29) is 11.9 Å². The van der Waals surface area contributed by atoms with Crippen LogP contribution in [0.1, 0.15) is 11.6 Å². The summed E-state index contributed by atoms with van der Waals surface area (Å²) in [6, 6.07) is 11.9. The molecule has 2 aromatic heterocycles. The summed E-state index contributed by atoms with van der Waals surface area (Å²) in [5.74, 6) is 2.47. The lowest BCUT2D eigenvalue weighted by Gasteiger charge is -2.14. The summed E-state index contributed by atoms with van der Waals surface area (Å²) in [4.78, 5) is 13.9. The van der Waals surface area contributed by atoms with E-state index in [0.29, 0.717) is 18.9 Å². The minimum absolute atomic E-state index is 0.126. The fourth-order valence-electron chi connectivity index (χ4n) is 2.32. The van der Waals surface area contributed by atoms with Crippen LogP contribution in [0, 0.1) is 0 Å². The molecule has 124 valence electrons. The van der Waals surface area contributed by atoms with Gasteiger partial charge in [-0.3, -0.25) is 4.90 Å². The lowest BCUT2D eigenvalue weighted by atomic mass is 10.2. The Balaban J connectivity index is 1.66. The standard InChI is InChI=1S/C16H17BrN6O/c1-23(9-14-20-15(18)22-16(19)21-14)8-12-6-7-13(24-12)10-2-4-11(17)5-3-10/h2-7H,8-9H2,1H3,(H4,18,19,20,21,22). The van der Waals surface area contributed by atoms with Crippen LogP contribution in [0.5, 0.6) is 0 Å². The Labute approximate surface area is 147 Å². The average molecular weight is 389 g/mol. The lowest BCUT2D eigenvalue weighted by molar-refractivity contribution is 0.283. The summed E-state index contributed by atoms with van der Waals surface area (Å²) in [6.07, 6.45) is 0. The van der Waals surface area contributed by atoms with Crippen LogP contribution in [0.25, 0.3) is 11.3 Å². The Morgan fingerprint density at radius 3 is 2.29 bits per heavy atom. The Morgan fingerprint density at radius 1 is 0.958 bits per heavy atom. The second-order valence-corrected chi connectivity index (χ2v) is 6.33. The third kappa shape index (κ3) is 4.09. The zero-order valence-corrected chi connectivity index (χ0v) is 14.7. The highest BCUT2D eigenvalue weighted by molar-refractivity contribution is 9.10. The highest BCUT2D eigenvalue weighted by Crippen LogP contribution is 2.24. The number of hydrogen-bond donors (Lipinski definition) is 2. The van der Waals surface area contributed by atoms with E-state index in [4.69, 9.17) is 15.9 Å². The van der Waals surface area contributed by atoms with Gasteiger partial charge in [0, 0.05) is 10.0 Å². The van der Waals surface area contributed by atoms with Crippen LogP contribution in [-0.2, 0) is 13.1 Å². The molecular weight excluding hydrogens is 372 g/mol. The molecule has 0 amide bonds. The number of nitrogens with zero attached hydrogens (tertiary/aromatic N) is 4. The van der Waals surface area contributed by atoms with Crippen LogP contribution in [0.3, 0.4) is 0 Å². The number of aromatic nitrogens is 3. The highest BCUT2D eigenvalue weighted by atomic mass is 79.9. The summed E-state index contributed by atoms with van der Waals surface area (Å²) in [6.45, 7) is 1.10. The Morgan fingerprint density at radius 2 is 1.62 bits per heavy atom. The van der Waals surface area contributed by atoms with Crippen molar-refractivity contribution >= 4 is 27.8 Å². The molecule has 3 aromatic rings. The van der Waals surface area contributed by atoms with Gasteiger partial charge in [-0.1, -0.05) is 28.1 Å². The number of benzene rings is 1. The van der Waals surface area contributed by atoms with Gasteiger partial charge in [0.2, 0.25) is 11.9 Å². The van der Waals surface area contributed by atoms with Crippen LogP contribution in [0.15, 0.2) is 45.3 Å². The first-order chi connectivity index (χ1) is 11.5. The average Bonchev–Trinajstić information content (AvgIpc) is 2.95. The second kappa shape index (κ2) is 6.98. The maximum atomic E-state index is 5.91. The molecular formula is C16H17BrN6O. The molecule has 0 aliphatic carbocycles. The van der Waals surface area contributed by atoms with Gasteiger partial charge in [-0.15, -0.1) is 0 Å². The second-order valence-electron chi connectivity index (χ2n) is 5.41. The maximum absolute atomic E-state index is 5.91. The molecule has 2 heterocycles. The molecule has 3 rings (SSSR count). The lowest BCUT2D eigenvalue weighted by Crippen LogP contribution is -2.20. The van der Waals surface area contributed by atoms with Gasteiger partial charge < -0.3 is 15.9 Å². The number of halogens is 1. The number of hydrogen-bond acceptors (Lipinski definition) is 7. The molecule has 0 saturated heterocycles. The van der Waals surface area contributed by atoms with E-state index in [9.17, 15) is 0 Å². The smallest absolute Gasteiger partial charge is 0.225 e. The predicted octanol–water partition coefficient (Wildman–Crippen LogP) is 2.69. The minimum Gasteiger partial charge on any atom is -0.460 e. The zero-order chi connectivity index (χ0) is 17.1. The molecule has 0 bridgehead atoms. The van der Waals surface area contributed by atoms with Crippen molar-refractivity contribution in [3.8, 4) is 11.3 Å². The molecule has 0 radical (unpaired) electrons. The maximum Gasteiger partial charge on any atom is 0.225 e. The third-order valence-electron chi connectivity index (χ3n) is 3.34. The highest BCUT2D eigenvalue weighted by Gasteiger charge is 2.10. The van der Waals surface area contributed by atoms with Crippen molar-refractivity contribution in [2.45, 2.75) is 13.1 Å². The van der Waals surface area contributed by atoms with Crippen LogP contribution in [0.2, 0.25) is 0 Å². The SMILES string of the molecule is CN(Cc1nc(N)nc(N)n1)Cc1ccc(-c2ccc(Br)cc2)o1. The van der Waals surface area contributed by atoms with Crippen molar-refractivity contribution in [3.63, 3.8) is 0 Å². The molecule has 7 nitrogen and oxygen atoms in total. The van der Waals surface area contributed by atoms with E-state index < -0.39 is 0 Å². The molecule has 0 fully saturated rings. The van der Waals surface area contributed by atoms with Crippen molar-refractivity contribution < 1.29 is 4.42 Å². The van der Waals surface area contributed by atoms with Crippen LogP contribution in [-0.4, -0.2) is 26.9 Å². The van der Waals surface area contributed by atoms with E-state index in [1.54, 1.807) is 0 Å². The first-order valence-corrected chi connectivity index (χ1v) is 8.08. The van der Waals surface area contributed by atoms with Crippen molar-refractivity contribution in [3.05, 3.63) is 52.5 Å². The van der Waals surface area contributed by atoms with E-state index in [2.05, 4.69) is 30.9 Å². The molecule has 24 heavy (non-hydrogen) atoms. The number of rotatable bonds is 5. The molecule has 0 unspecified atom stereocenters. The van der Waals surface area contributed by atoms with E-state index in [0.717, 1.165) is 21.6 Å². The zero-order valence-electron chi connectivity index (χ0n) is 13.1. The van der Waals surface area contributed by atoms with Gasteiger partial charge in [0.15, 0.2) is 0 Å². The van der Waals surface area contributed by atoms with Crippen molar-refractivity contribution in [2.75, 3.05) is 18.5 Å². The summed E-state index contributed by atoms with van der Waals surface area (Å²) in [7, 11) is 1.94. The van der Waals surface area contributed by atoms with Crippen molar-refractivity contribution in [1.82, 2.24) is 19.9 Å². The topological polar surface area (TPSA) is 107 Å². The number of nitrogen functional groups attached to an aromatic ring is 2.